The van der Waals surface area contributed by atoms with Crippen LogP contribution < -0.4 is 0 Å². The fourth-order valence-electron chi connectivity index (χ4n) is 3.72. The summed E-state index contributed by atoms with van der Waals surface area (Å²) in [6, 6.07) is 0.746. The maximum Gasteiger partial charge on any atom is 0.257 e. The van der Waals surface area contributed by atoms with Crippen LogP contribution in [-0.4, -0.2) is 74.5 Å². The van der Waals surface area contributed by atoms with E-state index in [2.05, 4.69) is 20.1 Å². The number of aromatic nitrogens is 4. The minimum absolute atomic E-state index is 0.0372. The van der Waals surface area contributed by atoms with E-state index in [4.69, 9.17) is 9.26 Å². The second kappa shape index (κ2) is 6.17. The molecule has 26 heavy (non-hydrogen) atoms. The lowest BCUT2D eigenvalue weighted by Crippen LogP contribution is -2.63. The van der Waals surface area contributed by atoms with Gasteiger partial charge in [0.25, 0.3) is 5.91 Å². The molecule has 2 aliphatic heterocycles. The summed E-state index contributed by atoms with van der Waals surface area (Å²) in [5, 5.41) is 8.21. The summed E-state index contributed by atoms with van der Waals surface area (Å²) in [7, 11) is 0. The quantitative estimate of drug-likeness (QED) is 0.799. The average Bonchev–Trinajstić information content (AvgIpc) is 3.17. The first-order valence-electron chi connectivity index (χ1n) is 9.16. The second-order valence-electron chi connectivity index (χ2n) is 7.31. The molecule has 9 nitrogen and oxygen atoms in total. The van der Waals surface area contributed by atoms with E-state index < -0.39 is 0 Å². The van der Waals surface area contributed by atoms with E-state index in [1.807, 2.05) is 22.7 Å². The van der Waals surface area contributed by atoms with Gasteiger partial charge in [-0.05, 0) is 19.8 Å². The lowest BCUT2D eigenvalue weighted by Gasteiger charge is -2.48. The molecule has 3 fully saturated rings. The predicted octanol–water partition coefficient (Wildman–Crippen LogP) is 0.807. The Morgan fingerprint density at radius 3 is 2.85 bits per heavy atom. The average molecular weight is 358 g/mol. The van der Waals surface area contributed by atoms with Gasteiger partial charge in [0, 0.05) is 31.9 Å². The van der Waals surface area contributed by atoms with Gasteiger partial charge in [0.05, 0.1) is 31.0 Å². The van der Waals surface area contributed by atoms with Crippen molar-refractivity contribution in [3.8, 4) is 0 Å². The van der Waals surface area contributed by atoms with E-state index in [-0.39, 0.29) is 11.9 Å². The highest BCUT2D eigenvalue weighted by Gasteiger charge is 2.41. The molecule has 138 valence electrons. The number of carbonyl (C=O) groups is 1. The smallest absolute Gasteiger partial charge is 0.257 e. The molecule has 5 rings (SSSR count). The zero-order valence-corrected chi connectivity index (χ0v) is 14.7. The van der Waals surface area contributed by atoms with E-state index in [0.717, 1.165) is 19.4 Å². The highest BCUT2D eigenvalue weighted by molar-refractivity contribution is 5.94. The van der Waals surface area contributed by atoms with Gasteiger partial charge >= 0.3 is 0 Å². The molecule has 1 amide bonds. The SMILES string of the molecule is Cc1noc(C2COCCN2C2CN(C(=O)c3cnn(C4CC4)c3)C2)n1. The molecule has 1 aliphatic carbocycles. The summed E-state index contributed by atoms with van der Waals surface area (Å²) in [5.74, 6) is 1.29. The van der Waals surface area contributed by atoms with Crippen LogP contribution in [0.4, 0.5) is 0 Å². The summed E-state index contributed by atoms with van der Waals surface area (Å²) in [4.78, 5) is 21.2. The van der Waals surface area contributed by atoms with Gasteiger partial charge in [-0.25, -0.2) is 0 Å². The fourth-order valence-corrected chi connectivity index (χ4v) is 3.72. The topological polar surface area (TPSA) is 89.5 Å². The van der Waals surface area contributed by atoms with Crippen LogP contribution in [0.25, 0.3) is 0 Å². The van der Waals surface area contributed by atoms with Crippen molar-refractivity contribution in [2.24, 2.45) is 0 Å². The van der Waals surface area contributed by atoms with Crippen molar-refractivity contribution in [2.75, 3.05) is 32.8 Å². The van der Waals surface area contributed by atoms with Crippen LogP contribution in [0.3, 0.4) is 0 Å². The number of hydrogen-bond donors (Lipinski definition) is 0. The molecule has 2 aromatic heterocycles. The predicted molar refractivity (Wildman–Crippen MR) is 89.5 cm³/mol. The number of nitrogens with zero attached hydrogens (tertiary/aromatic N) is 6. The summed E-state index contributed by atoms with van der Waals surface area (Å²) >= 11 is 0. The zero-order chi connectivity index (χ0) is 17.7. The Balaban J connectivity index is 1.23. The van der Waals surface area contributed by atoms with Crippen LogP contribution in [0.5, 0.6) is 0 Å². The fraction of sp³-hybridized carbons (Fsp3) is 0.647. The Morgan fingerprint density at radius 2 is 2.12 bits per heavy atom. The van der Waals surface area contributed by atoms with Crippen LogP contribution in [0.15, 0.2) is 16.9 Å². The maximum atomic E-state index is 12.7. The van der Waals surface area contributed by atoms with Gasteiger partial charge in [0.1, 0.15) is 6.04 Å². The van der Waals surface area contributed by atoms with Crippen LogP contribution in [0, 0.1) is 6.92 Å². The van der Waals surface area contributed by atoms with Gasteiger partial charge in [-0.15, -0.1) is 0 Å². The highest BCUT2D eigenvalue weighted by atomic mass is 16.5. The van der Waals surface area contributed by atoms with E-state index in [0.29, 0.717) is 55.7 Å². The van der Waals surface area contributed by atoms with Crippen molar-refractivity contribution >= 4 is 5.91 Å². The molecule has 1 atom stereocenters. The van der Waals surface area contributed by atoms with E-state index in [9.17, 15) is 4.79 Å². The third-order valence-corrected chi connectivity index (χ3v) is 5.39. The third kappa shape index (κ3) is 2.80. The van der Waals surface area contributed by atoms with Crippen molar-refractivity contribution in [2.45, 2.75) is 37.9 Å². The van der Waals surface area contributed by atoms with Gasteiger partial charge in [0.15, 0.2) is 5.82 Å². The van der Waals surface area contributed by atoms with Crippen molar-refractivity contribution in [3.05, 3.63) is 29.7 Å². The molecule has 2 saturated heterocycles. The number of aryl methyl sites for hydroxylation is 1. The Bertz CT molecular complexity index is 807. The van der Waals surface area contributed by atoms with Gasteiger partial charge in [-0.1, -0.05) is 5.16 Å². The zero-order valence-electron chi connectivity index (χ0n) is 14.7. The van der Waals surface area contributed by atoms with Crippen LogP contribution in [0.1, 0.15) is 47.0 Å². The minimum atomic E-state index is -0.0372. The molecule has 0 bridgehead atoms. The van der Waals surface area contributed by atoms with Crippen molar-refractivity contribution in [1.29, 1.82) is 0 Å². The Morgan fingerprint density at radius 1 is 1.27 bits per heavy atom. The Kier molecular flexibility index (Phi) is 3.79. The minimum Gasteiger partial charge on any atom is -0.378 e. The third-order valence-electron chi connectivity index (χ3n) is 5.39. The number of hydrogen-bond acceptors (Lipinski definition) is 7. The number of rotatable bonds is 4. The molecule has 0 aromatic carbocycles. The number of ether oxygens (including phenoxy) is 1. The molecule has 9 heteroatoms. The standard InChI is InChI=1S/C17H22N6O3/c1-11-19-16(26-20-11)15-10-25-5-4-22(15)14-8-21(9-14)17(24)12-6-18-23(7-12)13-2-3-13/h6-7,13-15H,2-5,8-10H2,1H3. The summed E-state index contributed by atoms with van der Waals surface area (Å²) in [6.07, 6.45) is 5.89. The number of carbonyl (C=O) groups excluding carboxylic acids is 1. The molecule has 1 saturated carbocycles. The molecular weight excluding hydrogens is 336 g/mol. The lowest BCUT2D eigenvalue weighted by molar-refractivity contribution is -0.0712. The van der Waals surface area contributed by atoms with Gasteiger partial charge in [-0.2, -0.15) is 10.1 Å². The largest absolute Gasteiger partial charge is 0.378 e. The van der Waals surface area contributed by atoms with Crippen LogP contribution in [0.2, 0.25) is 0 Å². The summed E-state index contributed by atoms with van der Waals surface area (Å²) in [6.45, 7) is 5.25. The first kappa shape index (κ1) is 16.0. The monoisotopic (exact) mass is 358 g/mol. The number of likely N-dealkylation sites (tertiary alicyclic amines) is 1. The summed E-state index contributed by atoms with van der Waals surface area (Å²) < 4.78 is 12.9. The Labute approximate surface area is 150 Å². The van der Waals surface area contributed by atoms with Crippen LogP contribution >= 0.6 is 0 Å². The second-order valence-corrected chi connectivity index (χ2v) is 7.31. The Hall–Kier alpha value is -2.26. The van der Waals surface area contributed by atoms with E-state index in [1.54, 1.807) is 6.20 Å². The van der Waals surface area contributed by atoms with Crippen molar-refractivity contribution in [3.63, 3.8) is 0 Å². The molecule has 0 radical (unpaired) electrons. The first-order valence-corrected chi connectivity index (χ1v) is 9.16. The van der Waals surface area contributed by atoms with Gasteiger partial charge in [0.2, 0.25) is 5.89 Å². The molecule has 0 N–H and O–H groups in total. The van der Waals surface area contributed by atoms with E-state index in [1.165, 1.54) is 0 Å². The molecule has 2 aromatic rings. The van der Waals surface area contributed by atoms with Gasteiger partial charge < -0.3 is 14.2 Å². The van der Waals surface area contributed by atoms with E-state index >= 15 is 0 Å². The molecule has 1 unspecified atom stereocenters. The highest BCUT2D eigenvalue weighted by Crippen LogP contribution is 2.34. The lowest BCUT2D eigenvalue weighted by atomic mass is 10.0. The van der Waals surface area contributed by atoms with Crippen LogP contribution in [-0.2, 0) is 4.74 Å². The molecular formula is C17H22N6O3. The number of morpholine rings is 1. The summed E-state index contributed by atoms with van der Waals surface area (Å²) in [5.41, 5.74) is 0.682. The van der Waals surface area contributed by atoms with Crippen molar-refractivity contribution in [1.82, 2.24) is 29.7 Å². The molecule has 4 heterocycles. The number of amides is 1. The van der Waals surface area contributed by atoms with Gasteiger partial charge in [-0.3, -0.25) is 14.4 Å². The van der Waals surface area contributed by atoms with Crippen molar-refractivity contribution < 1.29 is 14.1 Å². The maximum absolute atomic E-state index is 12.7. The molecule has 3 aliphatic rings. The first-order chi connectivity index (χ1) is 12.7. The molecule has 0 spiro atoms. The normalized spacial score (nSPS) is 24.7.